The molecule has 1 amide bonds. The Labute approximate surface area is 142 Å². The van der Waals surface area contributed by atoms with E-state index in [1.807, 2.05) is 0 Å². The van der Waals surface area contributed by atoms with E-state index in [1.54, 1.807) is 24.3 Å². The molecular weight excluding hydrogens is 338 g/mol. The zero-order valence-electron chi connectivity index (χ0n) is 12.1. The second-order valence-corrected chi connectivity index (χ2v) is 6.63. The highest BCUT2D eigenvalue weighted by Gasteiger charge is 2.35. The lowest BCUT2D eigenvalue weighted by Gasteiger charge is -2.23. The fraction of sp³-hybridized carbons (Fsp3) is 0.267. The summed E-state index contributed by atoms with van der Waals surface area (Å²) in [5, 5.41) is 11.0. The molecular formula is C15H12NO5S2-. The van der Waals surface area contributed by atoms with Crippen LogP contribution in [0.1, 0.15) is 12.5 Å². The number of carboxylic acid groups (broad SMARTS) is 1. The van der Waals surface area contributed by atoms with Gasteiger partial charge >= 0.3 is 0 Å². The normalized spacial score (nSPS) is 20.0. The smallest absolute Gasteiger partial charge is 0.266 e. The lowest BCUT2D eigenvalue weighted by atomic mass is 10.1. The number of nitrogens with zero attached hydrogens (tertiary/aromatic N) is 1. The van der Waals surface area contributed by atoms with Crippen LogP contribution in [0.4, 0.5) is 0 Å². The highest BCUT2D eigenvalue weighted by molar-refractivity contribution is 8.26. The van der Waals surface area contributed by atoms with Crippen LogP contribution in [0.2, 0.25) is 0 Å². The zero-order valence-corrected chi connectivity index (χ0v) is 13.7. The summed E-state index contributed by atoms with van der Waals surface area (Å²) in [4.78, 5) is 24.8. The largest absolute Gasteiger partial charge is 0.548 e. The standard InChI is InChI=1S/C15H13NO5S2/c1-8(14(18)19)16-13(17)12(23-15(16)22)7-9-2-3-10-11(6-9)21-5-4-20-10/h2-3,6-8H,4-5H2,1H3,(H,18,19)/p-1/b12-7-/t8-/m1/s1. The Hall–Kier alpha value is -2.06. The first-order chi connectivity index (χ1) is 11.0. The maximum absolute atomic E-state index is 12.4. The second-order valence-electron chi connectivity index (χ2n) is 4.95. The minimum atomic E-state index is -1.35. The number of benzene rings is 1. The van der Waals surface area contributed by atoms with Gasteiger partial charge in [0, 0.05) is 0 Å². The summed E-state index contributed by atoms with van der Waals surface area (Å²) in [7, 11) is 0. The average Bonchev–Trinajstić information content (AvgIpc) is 2.80. The molecule has 0 spiro atoms. The SMILES string of the molecule is C[C@H](C(=O)[O-])N1C(=O)/C(=C/c2ccc3c(c2)OCCO3)SC1=S. The lowest BCUT2D eigenvalue weighted by molar-refractivity contribution is -0.309. The topological polar surface area (TPSA) is 78.9 Å². The van der Waals surface area contributed by atoms with Gasteiger partial charge in [-0.2, -0.15) is 0 Å². The predicted octanol–water partition coefficient (Wildman–Crippen LogP) is 0.797. The summed E-state index contributed by atoms with van der Waals surface area (Å²) in [6.07, 6.45) is 1.65. The molecule has 1 aromatic rings. The molecule has 6 nitrogen and oxygen atoms in total. The number of carboxylic acids is 1. The summed E-state index contributed by atoms with van der Waals surface area (Å²) >= 11 is 6.16. The van der Waals surface area contributed by atoms with Crippen LogP contribution in [0, 0.1) is 0 Å². The Morgan fingerprint density at radius 2 is 2.09 bits per heavy atom. The van der Waals surface area contributed by atoms with Gasteiger partial charge in [-0.3, -0.25) is 9.69 Å². The number of hydrogen-bond donors (Lipinski definition) is 0. The lowest BCUT2D eigenvalue weighted by Crippen LogP contribution is -2.48. The van der Waals surface area contributed by atoms with Crippen molar-refractivity contribution >= 4 is 46.3 Å². The molecule has 8 heteroatoms. The van der Waals surface area contributed by atoms with Crippen molar-refractivity contribution in [3.05, 3.63) is 28.7 Å². The van der Waals surface area contributed by atoms with E-state index in [2.05, 4.69) is 0 Å². The molecule has 1 aromatic carbocycles. The highest BCUT2D eigenvalue weighted by atomic mass is 32.2. The van der Waals surface area contributed by atoms with E-state index in [4.69, 9.17) is 21.7 Å². The van der Waals surface area contributed by atoms with E-state index in [-0.39, 0.29) is 4.32 Å². The van der Waals surface area contributed by atoms with Crippen molar-refractivity contribution in [2.24, 2.45) is 0 Å². The van der Waals surface area contributed by atoms with Crippen molar-refractivity contribution in [2.45, 2.75) is 13.0 Å². The fourth-order valence-electron chi connectivity index (χ4n) is 2.22. The van der Waals surface area contributed by atoms with E-state index in [0.29, 0.717) is 29.6 Å². The monoisotopic (exact) mass is 350 g/mol. The molecule has 1 saturated heterocycles. The van der Waals surface area contributed by atoms with Crippen molar-refractivity contribution in [1.82, 2.24) is 4.90 Å². The first kappa shape index (κ1) is 15.8. The molecule has 0 saturated carbocycles. The summed E-state index contributed by atoms with van der Waals surface area (Å²) < 4.78 is 11.1. The van der Waals surface area contributed by atoms with E-state index >= 15 is 0 Å². The van der Waals surface area contributed by atoms with Gasteiger partial charge < -0.3 is 19.4 Å². The molecule has 23 heavy (non-hydrogen) atoms. The van der Waals surface area contributed by atoms with Gasteiger partial charge in [0.1, 0.15) is 17.5 Å². The molecule has 3 rings (SSSR count). The first-order valence-electron chi connectivity index (χ1n) is 6.85. The van der Waals surface area contributed by atoms with Crippen molar-refractivity contribution in [1.29, 1.82) is 0 Å². The van der Waals surface area contributed by atoms with Gasteiger partial charge in [0.05, 0.1) is 16.9 Å². The van der Waals surface area contributed by atoms with Crippen molar-refractivity contribution < 1.29 is 24.2 Å². The quantitative estimate of drug-likeness (QED) is 0.589. The van der Waals surface area contributed by atoms with Crippen LogP contribution < -0.4 is 14.6 Å². The Morgan fingerprint density at radius 1 is 1.39 bits per heavy atom. The van der Waals surface area contributed by atoms with Crippen molar-refractivity contribution in [3.8, 4) is 11.5 Å². The maximum Gasteiger partial charge on any atom is 0.266 e. The first-order valence-corrected chi connectivity index (χ1v) is 8.07. The molecule has 120 valence electrons. The van der Waals surface area contributed by atoms with E-state index < -0.39 is 17.9 Å². The highest BCUT2D eigenvalue weighted by Crippen LogP contribution is 2.36. The average molecular weight is 350 g/mol. The van der Waals surface area contributed by atoms with E-state index in [9.17, 15) is 14.7 Å². The molecule has 2 aliphatic rings. The molecule has 2 aliphatic heterocycles. The van der Waals surface area contributed by atoms with E-state index in [0.717, 1.165) is 22.2 Å². The second kappa shape index (κ2) is 6.21. The molecule has 0 aliphatic carbocycles. The summed E-state index contributed by atoms with van der Waals surface area (Å²) in [6.45, 7) is 2.35. The third-order valence-corrected chi connectivity index (χ3v) is 4.75. The number of hydrogen-bond acceptors (Lipinski definition) is 7. The third-order valence-electron chi connectivity index (χ3n) is 3.42. The predicted molar refractivity (Wildman–Crippen MR) is 86.9 cm³/mol. The van der Waals surface area contributed by atoms with Gasteiger partial charge in [-0.25, -0.2) is 0 Å². The molecule has 1 fully saturated rings. The molecule has 1 atom stereocenters. The number of rotatable bonds is 3. The van der Waals surface area contributed by atoms with Crippen LogP contribution >= 0.6 is 24.0 Å². The molecule has 0 aromatic heterocycles. The molecule has 0 bridgehead atoms. The van der Waals surface area contributed by atoms with Crippen LogP contribution in [0.5, 0.6) is 11.5 Å². The number of carbonyl (C=O) groups is 2. The summed E-state index contributed by atoms with van der Waals surface area (Å²) in [6, 6.07) is 4.23. The van der Waals surface area contributed by atoms with Gasteiger partial charge in [0.15, 0.2) is 11.5 Å². The molecule has 2 heterocycles. The van der Waals surface area contributed by atoms with Crippen LogP contribution in [0.3, 0.4) is 0 Å². The van der Waals surface area contributed by atoms with Gasteiger partial charge in [0.2, 0.25) is 0 Å². The number of carbonyl (C=O) groups excluding carboxylic acids is 2. The van der Waals surface area contributed by atoms with E-state index in [1.165, 1.54) is 6.92 Å². The van der Waals surface area contributed by atoms with Crippen molar-refractivity contribution in [3.63, 3.8) is 0 Å². The summed E-state index contributed by atoms with van der Waals surface area (Å²) in [5.74, 6) is -0.511. The van der Waals surface area contributed by atoms with Crippen LogP contribution in [0.15, 0.2) is 23.1 Å². The Morgan fingerprint density at radius 3 is 2.78 bits per heavy atom. The van der Waals surface area contributed by atoms with Crippen LogP contribution in [-0.2, 0) is 9.59 Å². The van der Waals surface area contributed by atoms with Crippen molar-refractivity contribution in [2.75, 3.05) is 13.2 Å². The van der Waals surface area contributed by atoms with Gasteiger partial charge in [-0.05, 0) is 30.7 Å². The number of aliphatic carboxylic acids is 1. The van der Waals surface area contributed by atoms with Gasteiger partial charge in [-0.15, -0.1) is 0 Å². The Bertz CT molecular complexity index is 731. The molecule has 0 N–H and O–H groups in total. The molecule has 0 radical (unpaired) electrons. The molecule has 0 unspecified atom stereocenters. The number of amides is 1. The maximum atomic E-state index is 12.4. The van der Waals surface area contributed by atoms with Gasteiger partial charge in [-0.1, -0.05) is 30.0 Å². The summed E-state index contributed by atoms with van der Waals surface area (Å²) in [5.41, 5.74) is 0.746. The minimum Gasteiger partial charge on any atom is -0.548 e. The Kier molecular flexibility index (Phi) is 4.27. The third kappa shape index (κ3) is 3.04. The number of thiocarbonyl (C=S) groups is 1. The number of thioether (sulfide) groups is 1. The van der Waals surface area contributed by atoms with Gasteiger partial charge in [0.25, 0.3) is 5.91 Å². The number of ether oxygens (including phenoxy) is 2. The minimum absolute atomic E-state index is 0.204. The zero-order chi connectivity index (χ0) is 16.6. The van der Waals surface area contributed by atoms with Crippen LogP contribution in [0.25, 0.3) is 6.08 Å². The number of fused-ring (bicyclic) bond motifs is 1. The fourth-order valence-corrected chi connectivity index (χ4v) is 3.64. The Balaban J connectivity index is 1.87. The van der Waals surface area contributed by atoms with Crippen LogP contribution in [-0.4, -0.2) is 40.4 Å².